The van der Waals surface area contributed by atoms with Crippen molar-refractivity contribution in [1.82, 2.24) is 0 Å². The van der Waals surface area contributed by atoms with Crippen LogP contribution in [0, 0.1) is 13.8 Å². The summed E-state index contributed by atoms with van der Waals surface area (Å²) in [5, 5.41) is 0. The maximum atomic E-state index is 11.1. The van der Waals surface area contributed by atoms with E-state index in [1.165, 1.54) is 16.7 Å². The number of benzene rings is 1. The molecule has 0 radical (unpaired) electrons. The third-order valence-electron chi connectivity index (χ3n) is 2.31. The van der Waals surface area contributed by atoms with E-state index < -0.39 is 0 Å². The summed E-state index contributed by atoms with van der Waals surface area (Å²) in [5.74, 6) is 1.69. The first-order valence-electron chi connectivity index (χ1n) is 5.92. The quantitative estimate of drug-likeness (QED) is 0.572. The van der Waals surface area contributed by atoms with Crippen molar-refractivity contribution in [2.24, 2.45) is 0 Å². The minimum Gasteiger partial charge on any atom is -0.466 e. The highest BCUT2D eigenvalue weighted by Crippen LogP contribution is 2.16. The van der Waals surface area contributed by atoms with Crippen LogP contribution in [0.2, 0.25) is 0 Å². The molecule has 1 aromatic carbocycles. The van der Waals surface area contributed by atoms with E-state index in [1.807, 2.05) is 6.92 Å². The Morgan fingerprint density at radius 1 is 1.24 bits per heavy atom. The smallest absolute Gasteiger partial charge is 0.306 e. The zero-order chi connectivity index (χ0) is 12.7. The van der Waals surface area contributed by atoms with Crippen molar-refractivity contribution in [3.63, 3.8) is 0 Å². The Kier molecular flexibility index (Phi) is 6.12. The molecule has 17 heavy (non-hydrogen) atoms. The second kappa shape index (κ2) is 7.38. The van der Waals surface area contributed by atoms with Gasteiger partial charge in [-0.25, -0.2) is 0 Å². The number of thioether (sulfide) groups is 1. The fraction of sp³-hybridized carbons (Fsp3) is 0.500. The molecule has 0 amide bonds. The summed E-state index contributed by atoms with van der Waals surface area (Å²) in [6, 6.07) is 6.57. The zero-order valence-electron chi connectivity index (χ0n) is 10.8. The standard InChI is InChI=1S/C14H20O2S/c1-4-16-14(15)5-6-17-10-13-8-11(2)7-12(3)9-13/h7-9H,4-6,10H2,1-3H3. The molecule has 1 rings (SSSR count). The normalized spacial score (nSPS) is 10.3. The highest BCUT2D eigenvalue weighted by atomic mass is 32.2. The van der Waals surface area contributed by atoms with Crippen LogP contribution in [0.15, 0.2) is 18.2 Å². The number of ether oxygens (including phenoxy) is 1. The number of esters is 1. The maximum absolute atomic E-state index is 11.1. The summed E-state index contributed by atoms with van der Waals surface area (Å²) in [6.45, 7) is 6.53. The molecule has 0 saturated carbocycles. The van der Waals surface area contributed by atoms with Gasteiger partial charge in [0.05, 0.1) is 13.0 Å². The van der Waals surface area contributed by atoms with Gasteiger partial charge in [-0.15, -0.1) is 0 Å². The highest BCUT2D eigenvalue weighted by Gasteiger charge is 2.02. The topological polar surface area (TPSA) is 26.3 Å². The van der Waals surface area contributed by atoms with Crippen LogP contribution in [0.1, 0.15) is 30.0 Å². The summed E-state index contributed by atoms with van der Waals surface area (Å²) in [6.07, 6.45) is 0.503. The Morgan fingerprint density at radius 3 is 2.47 bits per heavy atom. The maximum Gasteiger partial charge on any atom is 0.306 e. The second-order valence-electron chi connectivity index (χ2n) is 4.10. The van der Waals surface area contributed by atoms with Crippen LogP contribution in [-0.2, 0) is 15.3 Å². The molecule has 2 nitrogen and oxygen atoms in total. The molecule has 0 aromatic heterocycles. The molecule has 0 heterocycles. The van der Waals surface area contributed by atoms with Crippen molar-refractivity contribution in [2.45, 2.75) is 32.9 Å². The second-order valence-corrected chi connectivity index (χ2v) is 5.21. The third kappa shape index (κ3) is 5.78. The minimum atomic E-state index is -0.0968. The van der Waals surface area contributed by atoms with Crippen molar-refractivity contribution >= 4 is 17.7 Å². The molecule has 0 unspecified atom stereocenters. The van der Waals surface area contributed by atoms with Gasteiger partial charge in [-0.1, -0.05) is 29.3 Å². The van der Waals surface area contributed by atoms with E-state index in [4.69, 9.17) is 4.74 Å². The van der Waals surface area contributed by atoms with E-state index in [9.17, 15) is 4.79 Å². The summed E-state index contributed by atoms with van der Waals surface area (Å²) in [7, 11) is 0. The first kappa shape index (κ1) is 14.1. The van der Waals surface area contributed by atoms with Crippen LogP contribution in [-0.4, -0.2) is 18.3 Å². The van der Waals surface area contributed by atoms with E-state index in [-0.39, 0.29) is 5.97 Å². The largest absolute Gasteiger partial charge is 0.466 e. The van der Waals surface area contributed by atoms with Crippen LogP contribution < -0.4 is 0 Å². The number of rotatable bonds is 6. The molecule has 0 aliphatic carbocycles. The average molecular weight is 252 g/mol. The van der Waals surface area contributed by atoms with Gasteiger partial charge in [-0.3, -0.25) is 4.79 Å². The molecule has 0 spiro atoms. The lowest BCUT2D eigenvalue weighted by Crippen LogP contribution is -2.04. The lowest BCUT2D eigenvalue weighted by atomic mass is 10.1. The van der Waals surface area contributed by atoms with Crippen molar-refractivity contribution in [3.05, 3.63) is 34.9 Å². The van der Waals surface area contributed by atoms with Gasteiger partial charge < -0.3 is 4.74 Å². The Labute approximate surface area is 108 Å². The highest BCUT2D eigenvalue weighted by molar-refractivity contribution is 7.98. The Morgan fingerprint density at radius 2 is 1.88 bits per heavy atom. The number of carbonyl (C=O) groups excluding carboxylic acids is 1. The third-order valence-corrected chi connectivity index (χ3v) is 3.34. The SMILES string of the molecule is CCOC(=O)CCSCc1cc(C)cc(C)c1. The van der Waals surface area contributed by atoms with Gasteiger partial charge in [-0.2, -0.15) is 11.8 Å². The van der Waals surface area contributed by atoms with Crippen molar-refractivity contribution in [3.8, 4) is 0 Å². The van der Waals surface area contributed by atoms with E-state index in [1.54, 1.807) is 11.8 Å². The molecular formula is C14H20O2S. The lowest BCUT2D eigenvalue weighted by molar-refractivity contribution is -0.142. The first-order valence-corrected chi connectivity index (χ1v) is 7.08. The van der Waals surface area contributed by atoms with Gasteiger partial charge >= 0.3 is 5.97 Å². The van der Waals surface area contributed by atoms with Crippen LogP contribution >= 0.6 is 11.8 Å². The van der Waals surface area contributed by atoms with Gasteiger partial charge in [0.1, 0.15) is 0 Å². The molecule has 0 bridgehead atoms. The summed E-state index contributed by atoms with van der Waals surface area (Å²) in [5.41, 5.74) is 3.92. The van der Waals surface area contributed by atoms with E-state index in [0.29, 0.717) is 13.0 Å². The summed E-state index contributed by atoms with van der Waals surface area (Å²) in [4.78, 5) is 11.1. The molecule has 94 valence electrons. The number of aryl methyl sites for hydroxylation is 2. The molecule has 0 atom stereocenters. The van der Waals surface area contributed by atoms with Gasteiger partial charge in [0, 0.05) is 11.5 Å². The fourth-order valence-corrected chi connectivity index (χ4v) is 2.59. The fourth-order valence-electron chi connectivity index (χ4n) is 1.73. The predicted molar refractivity (Wildman–Crippen MR) is 73.3 cm³/mol. The molecule has 0 N–H and O–H groups in total. The minimum absolute atomic E-state index is 0.0968. The van der Waals surface area contributed by atoms with Crippen molar-refractivity contribution in [2.75, 3.05) is 12.4 Å². The van der Waals surface area contributed by atoms with E-state index in [2.05, 4.69) is 32.0 Å². The average Bonchev–Trinajstić information content (AvgIpc) is 2.23. The Hall–Kier alpha value is -0.960. The number of carbonyl (C=O) groups is 1. The molecule has 0 saturated heterocycles. The number of hydrogen-bond acceptors (Lipinski definition) is 3. The molecule has 1 aromatic rings. The lowest BCUT2D eigenvalue weighted by Gasteiger charge is -2.05. The van der Waals surface area contributed by atoms with Crippen molar-refractivity contribution < 1.29 is 9.53 Å². The first-order chi connectivity index (χ1) is 8.11. The molecule has 3 heteroatoms. The van der Waals surface area contributed by atoms with Crippen LogP contribution in [0.5, 0.6) is 0 Å². The molecular weight excluding hydrogens is 232 g/mol. The van der Waals surface area contributed by atoms with Gasteiger partial charge in [0.2, 0.25) is 0 Å². The monoisotopic (exact) mass is 252 g/mol. The van der Waals surface area contributed by atoms with Gasteiger partial charge in [0.15, 0.2) is 0 Å². The number of hydrogen-bond donors (Lipinski definition) is 0. The Bertz CT molecular complexity index is 354. The molecule has 0 fully saturated rings. The van der Waals surface area contributed by atoms with Crippen molar-refractivity contribution in [1.29, 1.82) is 0 Å². The summed E-state index contributed by atoms with van der Waals surface area (Å²) >= 11 is 1.78. The molecule has 0 aliphatic rings. The summed E-state index contributed by atoms with van der Waals surface area (Å²) < 4.78 is 4.88. The zero-order valence-corrected chi connectivity index (χ0v) is 11.6. The van der Waals surface area contributed by atoms with E-state index >= 15 is 0 Å². The van der Waals surface area contributed by atoms with Gasteiger partial charge in [0.25, 0.3) is 0 Å². The van der Waals surface area contributed by atoms with Gasteiger partial charge in [-0.05, 0) is 26.3 Å². The predicted octanol–water partition coefficient (Wildman–Crippen LogP) is 3.49. The van der Waals surface area contributed by atoms with Crippen LogP contribution in [0.25, 0.3) is 0 Å². The van der Waals surface area contributed by atoms with Crippen LogP contribution in [0.4, 0.5) is 0 Å². The Balaban J connectivity index is 2.28. The van der Waals surface area contributed by atoms with Crippen LogP contribution in [0.3, 0.4) is 0 Å². The van der Waals surface area contributed by atoms with E-state index in [0.717, 1.165) is 11.5 Å². The molecule has 0 aliphatic heterocycles.